The molecule has 1 aromatic rings. The number of benzene rings is 1. The normalized spacial score (nSPS) is 13.7. The molecule has 0 radical (unpaired) electrons. The van der Waals surface area contributed by atoms with Crippen LogP contribution in [0, 0.1) is 3.57 Å². The highest BCUT2D eigenvalue weighted by Gasteiger charge is 2.28. The van der Waals surface area contributed by atoms with Crippen LogP contribution in [0.2, 0.25) is 0 Å². The molecule has 1 atom stereocenters. The predicted octanol–water partition coefficient (Wildman–Crippen LogP) is 2.18. The maximum Gasteiger partial charge on any atom is 0.255 e. The van der Waals surface area contributed by atoms with Crippen molar-refractivity contribution >= 4 is 45.7 Å². The van der Waals surface area contributed by atoms with E-state index < -0.39 is 5.54 Å². The topological polar surface area (TPSA) is 75.3 Å². The van der Waals surface area contributed by atoms with Crippen molar-refractivity contribution in [2.75, 3.05) is 0 Å². The summed E-state index contributed by atoms with van der Waals surface area (Å²) < 4.78 is 0.865. The van der Waals surface area contributed by atoms with E-state index in [0.717, 1.165) is 3.57 Å². The van der Waals surface area contributed by atoms with Gasteiger partial charge in [-0.15, -0.1) is 0 Å². The molecule has 0 saturated carbocycles. The summed E-state index contributed by atoms with van der Waals surface area (Å²) in [4.78, 5) is 12.3. The van der Waals surface area contributed by atoms with Gasteiger partial charge < -0.3 is 16.2 Å². The van der Waals surface area contributed by atoms with Gasteiger partial charge in [0.1, 0.15) is 5.75 Å². The molecule has 1 aromatic carbocycles. The molecule has 0 aliphatic carbocycles. The van der Waals surface area contributed by atoms with Crippen LogP contribution in [0.25, 0.3) is 0 Å². The maximum absolute atomic E-state index is 12.1. The summed E-state index contributed by atoms with van der Waals surface area (Å²) in [7, 11) is 0. The van der Waals surface area contributed by atoms with E-state index in [4.69, 9.17) is 18.0 Å². The molecule has 18 heavy (non-hydrogen) atoms. The van der Waals surface area contributed by atoms with Crippen molar-refractivity contribution in [3.63, 3.8) is 0 Å². The minimum Gasteiger partial charge on any atom is -0.507 e. The summed E-state index contributed by atoms with van der Waals surface area (Å²) in [6, 6.07) is 4.82. The van der Waals surface area contributed by atoms with Gasteiger partial charge in [0, 0.05) is 3.57 Å². The van der Waals surface area contributed by atoms with Crippen molar-refractivity contribution in [2.45, 2.75) is 25.8 Å². The van der Waals surface area contributed by atoms with Crippen molar-refractivity contribution < 1.29 is 9.90 Å². The Bertz CT molecular complexity index is 493. The highest BCUT2D eigenvalue weighted by Crippen LogP contribution is 2.21. The molecule has 0 saturated heterocycles. The summed E-state index contributed by atoms with van der Waals surface area (Å²) in [5.41, 5.74) is 5.10. The van der Waals surface area contributed by atoms with Gasteiger partial charge in [0.15, 0.2) is 0 Å². The standard InChI is InChI=1S/C12H15IN2O2S/c1-3-12(2,11(14)18)15-10(17)8-6-7(13)4-5-9(8)16/h4-6,16H,3H2,1-2H3,(H2,14,18)(H,15,17). The molecule has 0 aliphatic rings. The highest BCUT2D eigenvalue weighted by molar-refractivity contribution is 14.1. The number of halogens is 1. The fourth-order valence-corrected chi connectivity index (χ4v) is 2.02. The molecule has 98 valence electrons. The van der Waals surface area contributed by atoms with Crippen molar-refractivity contribution in [3.8, 4) is 5.75 Å². The van der Waals surface area contributed by atoms with Crippen molar-refractivity contribution in [1.29, 1.82) is 0 Å². The van der Waals surface area contributed by atoms with Gasteiger partial charge in [-0.3, -0.25) is 4.79 Å². The molecular formula is C12H15IN2O2S. The zero-order valence-electron chi connectivity index (χ0n) is 10.2. The molecule has 1 unspecified atom stereocenters. The number of amides is 1. The van der Waals surface area contributed by atoms with Crippen LogP contribution in [0.5, 0.6) is 5.75 Å². The molecule has 4 nitrogen and oxygen atoms in total. The van der Waals surface area contributed by atoms with E-state index in [1.165, 1.54) is 6.07 Å². The fourth-order valence-electron chi connectivity index (χ4n) is 1.33. The van der Waals surface area contributed by atoms with E-state index in [1.54, 1.807) is 19.1 Å². The van der Waals surface area contributed by atoms with E-state index in [2.05, 4.69) is 27.9 Å². The molecule has 4 N–H and O–H groups in total. The Labute approximate surface area is 125 Å². The summed E-state index contributed by atoms with van der Waals surface area (Å²) in [6.07, 6.45) is 0.582. The number of phenolic OH excluding ortho intramolecular Hbond substituents is 1. The van der Waals surface area contributed by atoms with Crippen molar-refractivity contribution in [2.24, 2.45) is 5.73 Å². The summed E-state index contributed by atoms with van der Waals surface area (Å²) in [6.45, 7) is 3.65. The van der Waals surface area contributed by atoms with Gasteiger partial charge in [0.2, 0.25) is 0 Å². The zero-order chi connectivity index (χ0) is 13.9. The van der Waals surface area contributed by atoms with Gasteiger partial charge in [0.05, 0.1) is 16.1 Å². The molecule has 0 heterocycles. The quantitative estimate of drug-likeness (QED) is 0.555. The molecule has 6 heteroatoms. The number of hydrogen-bond acceptors (Lipinski definition) is 3. The summed E-state index contributed by atoms with van der Waals surface area (Å²) in [5, 5.41) is 12.4. The average molecular weight is 378 g/mol. The van der Waals surface area contributed by atoms with E-state index in [9.17, 15) is 9.90 Å². The highest BCUT2D eigenvalue weighted by atomic mass is 127. The average Bonchev–Trinajstić information content (AvgIpc) is 2.31. The second-order valence-electron chi connectivity index (χ2n) is 4.17. The van der Waals surface area contributed by atoms with E-state index in [1.807, 2.05) is 6.92 Å². The predicted molar refractivity (Wildman–Crippen MR) is 83.8 cm³/mol. The van der Waals surface area contributed by atoms with Crippen LogP contribution in [-0.2, 0) is 0 Å². The number of phenols is 1. The second kappa shape index (κ2) is 5.83. The van der Waals surface area contributed by atoms with Crippen molar-refractivity contribution in [1.82, 2.24) is 5.32 Å². The summed E-state index contributed by atoms with van der Waals surface area (Å²) in [5.74, 6) is -0.447. The van der Waals surface area contributed by atoms with E-state index in [-0.39, 0.29) is 22.2 Å². The Morgan fingerprint density at radius 2 is 2.22 bits per heavy atom. The first kappa shape index (κ1) is 15.2. The SMILES string of the molecule is CCC(C)(NC(=O)c1cc(I)ccc1O)C(N)=S. The Hall–Kier alpha value is -0.890. The molecule has 0 spiro atoms. The second-order valence-corrected chi connectivity index (χ2v) is 5.85. The lowest BCUT2D eigenvalue weighted by molar-refractivity contribution is 0.0924. The van der Waals surface area contributed by atoms with Crippen LogP contribution in [-0.4, -0.2) is 21.5 Å². The van der Waals surface area contributed by atoms with Crippen molar-refractivity contribution in [3.05, 3.63) is 27.3 Å². The molecule has 0 aliphatic heterocycles. The van der Waals surface area contributed by atoms with Crippen LogP contribution in [0.4, 0.5) is 0 Å². The number of thiocarbonyl (C=S) groups is 1. The number of carbonyl (C=O) groups excluding carboxylic acids is 1. The van der Waals surface area contributed by atoms with Gasteiger partial charge in [-0.1, -0.05) is 19.1 Å². The lowest BCUT2D eigenvalue weighted by atomic mass is 9.98. The van der Waals surface area contributed by atoms with E-state index in [0.29, 0.717) is 6.42 Å². The molecule has 0 bridgehead atoms. The Morgan fingerprint density at radius 3 is 2.72 bits per heavy atom. The smallest absolute Gasteiger partial charge is 0.255 e. The third kappa shape index (κ3) is 3.32. The number of hydrogen-bond donors (Lipinski definition) is 3. The molecule has 0 aromatic heterocycles. The van der Waals surface area contributed by atoms with Crippen LogP contribution < -0.4 is 11.1 Å². The minimum absolute atomic E-state index is 0.0608. The minimum atomic E-state index is -0.750. The molecule has 0 fully saturated rings. The van der Waals surface area contributed by atoms with Gasteiger partial charge >= 0.3 is 0 Å². The number of aromatic hydroxyl groups is 1. The number of nitrogens with two attached hydrogens (primary N) is 1. The molecule has 1 amide bonds. The number of nitrogens with one attached hydrogen (secondary N) is 1. The van der Waals surface area contributed by atoms with Crippen LogP contribution in [0.15, 0.2) is 18.2 Å². The van der Waals surface area contributed by atoms with Crippen LogP contribution in [0.3, 0.4) is 0 Å². The first-order chi connectivity index (χ1) is 8.30. The first-order valence-corrected chi connectivity index (χ1v) is 6.90. The third-order valence-corrected chi connectivity index (χ3v) is 3.97. The van der Waals surface area contributed by atoms with Gasteiger partial charge in [0.25, 0.3) is 5.91 Å². The first-order valence-electron chi connectivity index (χ1n) is 5.41. The van der Waals surface area contributed by atoms with Crippen LogP contribution in [0.1, 0.15) is 30.6 Å². The molecule has 1 rings (SSSR count). The lowest BCUT2D eigenvalue weighted by Gasteiger charge is -2.28. The van der Waals surface area contributed by atoms with Gasteiger partial charge in [-0.25, -0.2) is 0 Å². The fraction of sp³-hybridized carbons (Fsp3) is 0.333. The number of carbonyl (C=O) groups is 1. The lowest BCUT2D eigenvalue weighted by Crippen LogP contribution is -2.54. The van der Waals surface area contributed by atoms with Gasteiger partial charge in [-0.2, -0.15) is 0 Å². The van der Waals surface area contributed by atoms with Gasteiger partial charge in [-0.05, 0) is 54.1 Å². The summed E-state index contributed by atoms with van der Waals surface area (Å²) >= 11 is 7.03. The third-order valence-electron chi connectivity index (χ3n) is 2.84. The zero-order valence-corrected chi connectivity index (χ0v) is 13.1. The largest absolute Gasteiger partial charge is 0.507 e. The Kier molecular flexibility index (Phi) is 4.92. The van der Waals surface area contributed by atoms with E-state index >= 15 is 0 Å². The number of rotatable bonds is 4. The van der Waals surface area contributed by atoms with Crippen LogP contribution >= 0.6 is 34.8 Å². The monoisotopic (exact) mass is 378 g/mol. The Balaban J connectivity index is 3.02. The Morgan fingerprint density at radius 1 is 1.61 bits per heavy atom. The maximum atomic E-state index is 12.1. The molecular weight excluding hydrogens is 363 g/mol.